The van der Waals surface area contributed by atoms with Crippen LogP contribution >= 0.6 is 15.9 Å². The number of alkyl halides is 3. The first-order chi connectivity index (χ1) is 11.8. The highest BCUT2D eigenvalue weighted by molar-refractivity contribution is 9.10. The summed E-state index contributed by atoms with van der Waals surface area (Å²) in [5.74, 6) is -1.40. The molecule has 0 bridgehead atoms. The van der Waals surface area contributed by atoms with Crippen molar-refractivity contribution in [1.82, 2.24) is 0 Å². The fourth-order valence-corrected chi connectivity index (χ4v) is 2.36. The minimum Gasteiger partial charge on any atom is -0.482 e. The summed E-state index contributed by atoms with van der Waals surface area (Å²) >= 11 is 3.21. The van der Waals surface area contributed by atoms with Crippen molar-refractivity contribution in [3.05, 3.63) is 64.1 Å². The molecule has 0 N–H and O–H groups in total. The molecular weight excluding hydrogens is 405 g/mol. The van der Waals surface area contributed by atoms with Gasteiger partial charge in [0.05, 0.1) is 5.56 Å². The number of esters is 1. The number of ether oxygens (including phenoxy) is 2. The van der Waals surface area contributed by atoms with E-state index in [4.69, 9.17) is 9.47 Å². The number of rotatable bonds is 6. The Morgan fingerprint density at radius 1 is 1.00 bits per heavy atom. The highest BCUT2D eigenvalue weighted by atomic mass is 79.9. The number of carbonyl (C=O) groups excluding carboxylic acids is 2. The van der Waals surface area contributed by atoms with E-state index < -0.39 is 36.7 Å². The van der Waals surface area contributed by atoms with E-state index in [2.05, 4.69) is 15.9 Å². The van der Waals surface area contributed by atoms with Crippen LogP contribution in [0.25, 0.3) is 0 Å². The lowest BCUT2D eigenvalue weighted by Gasteiger charge is -2.10. The van der Waals surface area contributed by atoms with Crippen molar-refractivity contribution in [3.63, 3.8) is 0 Å². The van der Waals surface area contributed by atoms with Crippen molar-refractivity contribution >= 4 is 27.7 Å². The minimum absolute atomic E-state index is 0.121. The van der Waals surface area contributed by atoms with Crippen LogP contribution in [-0.4, -0.2) is 25.0 Å². The van der Waals surface area contributed by atoms with Gasteiger partial charge in [-0.1, -0.05) is 40.2 Å². The Hall–Kier alpha value is -2.35. The Morgan fingerprint density at radius 2 is 1.72 bits per heavy atom. The number of hydrogen-bond donors (Lipinski definition) is 0. The Balaban J connectivity index is 1.85. The van der Waals surface area contributed by atoms with Gasteiger partial charge in [0.25, 0.3) is 0 Å². The van der Waals surface area contributed by atoms with Gasteiger partial charge in [0.2, 0.25) is 5.78 Å². The fourth-order valence-electron chi connectivity index (χ4n) is 1.86. The maximum Gasteiger partial charge on any atom is 0.416 e. The standard InChI is InChI=1S/C17H12BrF3O4/c18-14-7-2-1-6-13(14)15(22)9-25-16(23)10-24-12-5-3-4-11(8-12)17(19,20)21/h1-8H,9-10H2. The van der Waals surface area contributed by atoms with Crippen molar-refractivity contribution < 1.29 is 32.2 Å². The molecule has 0 radical (unpaired) electrons. The summed E-state index contributed by atoms with van der Waals surface area (Å²) in [6.07, 6.45) is -4.50. The monoisotopic (exact) mass is 416 g/mol. The summed E-state index contributed by atoms with van der Waals surface area (Å²) in [4.78, 5) is 23.5. The third-order valence-electron chi connectivity index (χ3n) is 3.06. The second-order valence-corrected chi connectivity index (χ2v) is 5.73. The van der Waals surface area contributed by atoms with Crippen LogP contribution in [-0.2, 0) is 15.7 Å². The molecule has 2 aromatic carbocycles. The number of ketones is 1. The van der Waals surface area contributed by atoms with E-state index in [1.807, 2.05) is 0 Å². The first kappa shape index (κ1) is 19.0. The lowest BCUT2D eigenvalue weighted by molar-refractivity contribution is -0.144. The Bertz CT molecular complexity index is 774. The van der Waals surface area contributed by atoms with E-state index in [1.165, 1.54) is 12.1 Å². The van der Waals surface area contributed by atoms with Gasteiger partial charge >= 0.3 is 12.1 Å². The molecule has 0 fully saturated rings. The molecule has 0 heterocycles. The lowest BCUT2D eigenvalue weighted by atomic mass is 10.1. The molecule has 0 saturated carbocycles. The number of Topliss-reactive ketones (excluding diaryl/α,β-unsaturated/α-hetero) is 1. The molecule has 25 heavy (non-hydrogen) atoms. The summed E-state index contributed by atoms with van der Waals surface area (Å²) in [7, 11) is 0. The van der Waals surface area contributed by atoms with Gasteiger partial charge in [0, 0.05) is 10.0 Å². The predicted octanol–water partition coefficient (Wildman–Crippen LogP) is 4.27. The average Bonchev–Trinajstić information content (AvgIpc) is 2.58. The molecule has 8 heteroatoms. The zero-order valence-electron chi connectivity index (χ0n) is 12.7. The van der Waals surface area contributed by atoms with Gasteiger partial charge in [-0.2, -0.15) is 13.2 Å². The predicted molar refractivity (Wildman–Crippen MR) is 86.4 cm³/mol. The van der Waals surface area contributed by atoms with Gasteiger partial charge in [0.15, 0.2) is 13.2 Å². The lowest BCUT2D eigenvalue weighted by Crippen LogP contribution is -2.19. The van der Waals surface area contributed by atoms with E-state index in [0.29, 0.717) is 10.0 Å². The second-order valence-electron chi connectivity index (χ2n) is 4.88. The van der Waals surface area contributed by atoms with E-state index in [9.17, 15) is 22.8 Å². The summed E-state index contributed by atoms with van der Waals surface area (Å²) in [6, 6.07) is 10.8. The van der Waals surface area contributed by atoms with Gasteiger partial charge in [-0.05, 0) is 24.3 Å². The van der Waals surface area contributed by atoms with Crippen LogP contribution in [0, 0.1) is 0 Å². The minimum atomic E-state index is -4.50. The van der Waals surface area contributed by atoms with Crippen LogP contribution in [0.4, 0.5) is 13.2 Å². The third kappa shape index (κ3) is 5.60. The van der Waals surface area contributed by atoms with E-state index >= 15 is 0 Å². The molecule has 0 spiro atoms. The molecular formula is C17H12BrF3O4. The maximum absolute atomic E-state index is 12.6. The molecule has 0 atom stereocenters. The number of benzene rings is 2. The molecule has 0 aliphatic rings. The van der Waals surface area contributed by atoms with E-state index in [-0.39, 0.29) is 5.75 Å². The first-order valence-corrected chi connectivity index (χ1v) is 7.80. The summed E-state index contributed by atoms with van der Waals surface area (Å²) < 4.78 is 48.1. The zero-order valence-corrected chi connectivity index (χ0v) is 14.3. The normalized spacial score (nSPS) is 11.0. The molecule has 0 saturated heterocycles. The van der Waals surface area contributed by atoms with Crippen LogP contribution in [0.3, 0.4) is 0 Å². The second kappa shape index (κ2) is 8.15. The highest BCUT2D eigenvalue weighted by Gasteiger charge is 2.30. The molecule has 0 amide bonds. The van der Waals surface area contributed by atoms with E-state index in [1.54, 1.807) is 24.3 Å². The van der Waals surface area contributed by atoms with Gasteiger partial charge in [-0.3, -0.25) is 4.79 Å². The van der Waals surface area contributed by atoms with Crippen molar-refractivity contribution in [2.75, 3.05) is 13.2 Å². The summed E-state index contributed by atoms with van der Waals surface area (Å²) in [5, 5.41) is 0. The zero-order chi connectivity index (χ0) is 18.4. The molecule has 2 aromatic rings. The van der Waals surface area contributed by atoms with Gasteiger partial charge in [-0.15, -0.1) is 0 Å². The molecule has 0 aliphatic carbocycles. The summed E-state index contributed by atoms with van der Waals surface area (Å²) in [6.45, 7) is -1.10. The number of halogens is 4. The Morgan fingerprint density at radius 3 is 2.40 bits per heavy atom. The van der Waals surface area contributed by atoms with Crippen LogP contribution in [0.5, 0.6) is 5.75 Å². The topological polar surface area (TPSA) is 52.6 Å². The largest absolute Gasteiger partial charge is 0.482 e. The molecule has 0 aromatic heterocycles. The van der Waals surface area contributed by atoms with Crippen LogP contribution in [0.1, 0.15) is 15.9 Å². The van der Waals surface area contributed by atoms with Crippen LogP contribution in [0.15, 0.2) is 53.0 Å². The van der Waals surface area contributed by atoms with Crippen molar-refractivity contribution in [1.29, 1.82) is 0 Å². The molecule has 132 valence electrons. The highest BCUT2D eigenvalue weighted by Crippen LogP contribution is 2.31. The van der Waals surface area contributed by atoms with Crippen molar-refractivity contribution in [2.45, 2.75) is 6.18 Å². The van der Waals surface area contributed by atoms with Gasteiger partial charge in [-0.25, -0.2) is 4.79 Å². The molecule has 0 aliphatic heterocycles. The van der Waals surface area contributed by atoms with Crippen molar-refractivity contribution in [3.8, 4) is 5.75 Å². The maximum atomic E-state index is 12.6. The quantitative estimate of drug-likeness (QED) is 0.521. The number of hydrogen-bond acceptors (Lipinski definition) is 4. The molecule has 0 unspecified atom stereocenters. The van der Waals surface area contributed by atoms with E-state index in [0.717, 1.165) is 12.1 Å². The van der Waals surface area contributed by atoms with Gasteiger partial charge < -0.3 is 9.47 Å². The fraction of sp³-hybridized carbons (Fsp3) is 0.176. The van der Waals surface area contributed by atoms with Crippen LogP contribution in [0.2, 0.25) is 0 Å². The Kier molecular flexibility index (Phi) is 6.19. The SMILES string of the molecule is O=C(COc1cccc(C(F)(F)F)c1)OCC(=O)c1ccccc1Br. The number of carbonyl (C=O) groups is 2. The first-order valence-electron chi connectivity index (χ1n) is 7.01. The third-order valence-corrected chi connectivity index (χ3v) is 3.75. The molecule has 2 rings (SSSR count). The molecule has 4 nitrogen and oxygen atoms in total. The van der Waals surface area contributed by atoms with Crippen LogP contribution < -0.4 is 4.74 Å². The smallest absolute Gasteiger partial charge is 0.416 e. The average molecular weight is 417 g/mol. The van der Waals surface area contributed by atoms with Gasteiger partial charge in [0.1, 0.15) is 5.75 Å². The van der Waals surface area contributed by atoms with Crippen molar-refractivity contribution in [2.24, 2.45) is 0 Å². The summed E-state index contributed by atoms with van der Waals surface area (Å²) in [5.41, 5.74) is -0.531. The Labute approximate surface area is 149 Å².